The highest BCUT2D eigenvalue weighted by molar-refractivity contribution is 5.79. The first kappa shape index (κ1) is 16.6. The van der Waals surface area contributed by atoms with Crippen LogP contribution in [-0.2, 0) is 0 Å². The molecule has 0 radical (unpaired) electrons. The summed E-state index contributed by atoms with van der Waals surface area (Å²) >= 11 is 0. The summed E-state index contributed by atoms with van der Waals surface area (Å²) in [6.45, 7) is 7.46. The Balaban J connectivity index is 1.92. The largest absolute Gasteiger partial charge is 0.393 e. The Hall–Kier alpha value is -2.30. The van der Waals surface area contributed by atoms with Gasteiger partial charge in [-0.15, -0.1) is 0 Å². The molecule has 1 aromatic carbocycles. The lowest BCUT2D eigenvalue weighted by Gasteiger charge is -2.36. The van der Waals surface area contributed by atoms with Crippen molar-refractivity contribution in [2.75, 3.05) is 22.5 Å². The van der Waals surface area contributed by atoms with Crippen LogP contribution in [0.25, 0.3) is 0 Å². The molecule has 3 rings (SSSR count). The summed E-state index contributed by atoms with van der Waals surface area (Å²) in [4.78, 5) is 11.2. The number of hydrogen-bond donors (Lipinski definition) is 2. The normalized spacial score (nSPS) is 17.8. The number of aromatic nitrogens is 2. The van der Waals surface area contributed by atoms with Crippen molar-refractivity contribution in [3.63, 3.8) is 0 Å². The van der Waals surface area contributed by atoms with Crippen molar-refractivity contribution < 1.29 is 0 Å². The molecule has 1 unspecified atom stereocenters. The van der Waals surface area contributed by atoms with Crippen LogP contribution in [0, 0.1) is 13.8 Å². The quantitative estimate of drug-likeness (QED) is 0.882. The van der Waals surface area contributed by atoms with Gasteiger partial charge in [-0.1, -0.05) is 19.1 Å². The Labute approximate surface area is 144 Å². The van der Waals surface area contributed by atoms with E-state index in [1.165, 1.54) is 30.4 Å². The Morgan fingerprint density at radius 1 is 1.25 bits per heavy atom. The molecular formula is C19H27N5. The highest BCUT2D eigenvalue weighted by Gasteiger charge is 2.25. The minimum atomic E-state index is 0.518. The summed E-state index contributed by atoms with van der Waals surface area (Å²) in [5.74, 6) is 1.55. The summed E-state index contributed by atoms with van der Waals surface area (Å²) in [6, 6.07) is 6.72. The SMILES string of the molecule is CCC1CCCCN1c1ncnc(Nc2cccc(C)c2C)c1N. The van der Waals surface area contributed by atoms with Gasteiger partial charge in [0.2, 0.25) is 0 Å². The number of benzene rings is 1. The molecule has 2 heterocycles. The van der Waals surface area contributed by atoms with Crippen LogP contribution < -0.4 is 16.0 Å². The monoisotopic (exact) mass is 325 g/mol. The smallest absolute Gasteiger partial charge is 0.159 e. The molecule has 1 aliphatic rings. The van der Waals surface area contributed by atoms with E-state index in [9.17, 15) is 0 Å². The van der Waals surface area contributed by atoms with E-state index < -0.39 is 0 Å². The molecule has 0 bridgehead atoms. The molecule has 1 atom stereocenters. The zero-order chi connectivity index (χ0) is 17.1. The van der Waals surface area contributed by atoms with Crippen molar-refractivity contribution in [2.45, 2.75) is 52.5 Å². The van der Waals surface area contributed by atoms with Gasteiger partial charge in [0.25, 0.3) is 0 Å². The fourth-order valence-electron chi connectivity index (χ4n) is 3.43. The molecule has 2 aromatic rings. The molecule has 128 valence electrons. The number of nitrogens with two attached hydrogens (primary N) is 1. The Bertz CT molecular complexity index is 713. The molecule has 5 nitrogen and oxygen atoms in total. The highest BCUT2D eigenvalue weighted by atomic mass is 15.2. The number of aryl methyl sites for hydroxylation is 1. The molecule has 0 saturated carbocycles. The van der Waals surface area contributed by atoms with E-state index in [4.69, 9.17) is 5.73 Å². The summed E-state index contributed by atoms with van der Waals surface area (Å²) in [6.07, 6.45) is 6.41. The minimum Gasteiger partial charge on any atom is -0.393 e. The van der Waals surface area contributed by atoms with Crippen molar-refractivity contribution in [1.29, 1.82) is 0 Å². The number of anilines is 4. The first-order valence-electron chi connectivity index (χ1n) is 8.82. The maximum Gasteiger partial charge on any atom is 0.159 e. The van der Waals surface area contributed by atoms with Gasteiger partial charge in [-0.3, -0.25) is 0 Å². The molecule has 1 aromatic heterocycles. The van der Waals surface area contributed by atoms with Gasteiger partial charge in [-0.05, 0) is 56.7 Å². The number of nitrogen functional groups attached to an aromatic ring is 1. The van der Waals surface area contributed by atoms with Gasteiger partial charge in [0.15, 0.2) is 11.6 Å². The lowest BCUT2D eigenvalue weighted by molar-refractivity contribution is 0.447. The summed E-state index contributed by atoms with van der Waals surface area (Å²) in [7, 11) is 0. The lowest BCUT2D eigenvalue weighted by atomic mass is 10.00. The average molecular weight is 325 g/mol. The van der Waals surface area contributed by atoms with Gasteiger partial charge in [0.1, 0.15) is 12.0 Å². The van der Waals surface area contributed by atoms with Crippen LogP contribution in [0.2, 0.25) is 0 Å². The lowest BCUT2D eigenvalue weighted by Crippen LogP contribution is -2.40. The van der Waals surface area contributed by atoms with Gasteiger partial charge in [0, 0.05) is 18.3 Å². The van der Waals surface area contributed by atoms with Crippen LogP contribution in [-0.4, -0.2) is 22.6 Å². The van der Waals surface area contributed by atoms with Gasteiger partial charge in [-0.2, -0.15) is 0 Å². The average Bonchev–Trinajstić information content (AvgIpc) is 2.60. The number of nitrogens with one attached hydrogen (secondary N) is 1. The molecule has 1 fully saturated rings. The third-order valence-electron chi connectivity index (χ3n) is 5.09. The maximum absolute atomic E-state index is 6.44. The molecule has 1 saturated heterocycles. The van der Waals surface area contributed by atoms with Crippen LogP contribution in [0.1, 0.15) is 43.7 Å². The molecule has 3 N–H and O–H groups in total. The predicted molar refractivity (Wildman–Crippen MR) is 101 cm³/mol. The highest BCUT2D eigenvalue weighted by Crippen LogP contribution is 2.33. The molecule has 0 amide bonds. The summed E-state index contributed by atoms with van der Waals surface area (Å²) < 4.78 is 0. The molecule has 0 spiro atoms. The fraction of sp³-hybridized carbons (Fsp3) is 0.474. The van der Waals surface area contributed by atoms with Crippen LogP contribution in [0.15, 0.2) is 24.5 Å². The maximum atomic E-state index is 6.44. The zero-order valence-corrected chi connectivity index (χ0v) is 14.8. The summed E-state index contributed by atoms with van der Waals surface area (Å²) in [5, 5.41) is 3.39. The number of hydrogen-bond acceptors (Lipinski definition) is 5. The van der Waals surface area contributed by atoms with Crippen molar-refractivity contribution in [1.82, 2.24) is 9.97 Å². The minimum absolute atomic E-state index is 0.518. The van der Waals surface area contributed by atoms with E-state index in [0.717, 1.165) is 24.5 Å². The van der Waals surface area contributed by atoms with Crippen molar-refractivity contribution in [3.05, 3.63) is 35.7 Å². The number of rotatable bonds is 4. The van der Waals surface area contributed by atoms with Crippen LogP contribution in [0.5, 0.6) is 0 Å². The Morgan fingerprint density at radius 3 is 2.88 bits per heavy atom. The summed E-state index contributed by atoms with van der Waals surface area (Å²) in [5.41, 5.74) is 10.6. The molecular weight excluding hydrogens is 298 g/mol. The number of piperidine rings is 1. The van der Waals surface area contributed by atoms with Gasteiger partial charge in [0.05, 0.1) is 0 Å². The van der Waals surface area contributed by atoms with Crippen LogP contribution in [0.3, 0.4) is 0 Å². The van der Waals surface area contributed by atoms with E-state index in [2.05, 4.69) is 53.1 Å². The second-order valence-corrected chi connectivity index (χ2v) is 6.58. The van der Waals surface area contributed by atoms with E-state index in [0.29, 0.717) is 17.5 Å². The Kier molecular flexibility index (Phi) is 4.88. The van der Waals surface area contributed by atoms with E-state index in [1.54, 1.807) is 6.33 Å². The third-order valence-corrected chi connectivity index (χ3v) is 5.09. The van der Waals surface area contributed by atoms with Crippen molar-refractivity contribution in [3.8, 4) is 0 Å². The number of nitrogens with zero attached hydrogens (tertiary/aromatic N) is 3. The second kappa shape index (κ2) is 7.07. The Morgan fingerprint density at radius 2 is 2.08 bits per heavy atom. The zero-order valence-electron chi connectivity index (χ0n) is 14.8. The predicted octanol–water partition coefficient (Wildman–Crippen LogP) is 4.19. The third kappa shape index (κ3) is 3.16. The molecule has 5 heteroatoms. The first-order chi connectivity index (χ1) is 11.6. The molecule has 0 aliphatic carbocycles. The van der Waals surface area contributed by atoms with Gasteiger partial charge >= 0.3 is 0 Å². The standard InChI is InChI=1S/C19H27N5/c1-4-15-9-5-6-11-24(15)19-17(20)18(21-12-22-19)23-16-10-7-8-13(2)14(16)3/h7-8,10,12,15H,4-6,9,11,20H2,1-3H3,(H,21,22,23). The van der Waals surface area contributed by atoms with Crippen molar-refractivity contribution >= 4 is 23.0 Å². The van der Waals surface area contributed by atoms with E-state index in [-0.39, 0.29) is 0 Å². The van der Waals surface area contributed by atoms with Crippen LogP contribution in [0.4, 0.5) is 23.0 Å². The van der Waals surface area contributed by atoms with Gasteiger partial charge in [-0.25, -0.2) is 9.97 Å². The first-order valence-corrected chi connectivity index (χ1v) is 8.82. The second-order valence-electron chi connectivity index (χ2n) is 6.58. The fourth-order valence-corrected chi connectivity index (χ4v) is 3.43. The van der Waals surface area contributed by atoms with E-state index in [1.807, 2.05) is 6.07 Å². The van der Waals surface area contributed by atoms with Crippen molar-refractivity contribution in [2.24, 2.45) is 0 Å². The topological polar surface area (TPSA) is 67.1 Å². The molecule has 1 aliphatic heterocycles. The van der Waals surface area contributed by atoms with Gasteiger partial charge < -0.3 is 16.0 Å². The van der Waals surface area contributed by atoms with E-state index >= 15 is 0 Å². The van der Waals surface area contributed by atoms with Crippen LogP contribution >= 0.6 is 0 Å². The molecule has 24 heavy (non-hydrogen) atoms.